The van der Waals surface area contributed by atoms with Crippen molar-refractivity contribution in [3.8, 4) is 33.5 Å². The van der Waals surface area contributed by atoms with Crippen LogP contribution in [-0.4, -0.2) is 4.98 Å². The molecule has 0 bridgehead atoms. The lowest BCUT2D eigenvalue weighted by Gasteiger charge is -2.46. The van der Waals surface area contributed by atoms with Gasteiger partial charge in [0.05, 0.1) is 16.6 Å². The molecule has 1 aromatic heterocycles. The predicted molar refractivity (Wildman–Crippen MR) is 200 cm³/mol. The summed E-state index contributed by atoms with van der Waals surface area (Å²) >= 11 is 0. The molecule has 0 amide bonds. The van der Waals surface area contributed by atoms with E-state index >= 15 is 0 Å². The Kier molecular flexibility index (Phi) is 5.61. The van der Waals surface area contributed by atoms with Crippen LogP contribution in [0.15, 0.2) is 164 Å². The van der Waals surface area contributed by atoms with Gasteiger partial charge in [-0.3, -0.25) is 0 Å². The van der Waals surface area contributed by atoms with Crippen LogP contribution in [0.25, 0.3) is 55.2 Å². The molecule has 2 aliphatic carbocycles. The van der Waals surface area contributed by atoms with E-state index in [0.717, 1.165) is 22.2 Å². The Bertz CT molecular complexity index is 2560. The third kappa shape index (κ3) is 3.54. The first kappa shape index (κ1) is 27.3. The van der Waals surface area contributed by atoms with E-state index in [0.29, 0.717) is 0 Å². The average molecular weight is 612 g/mol. The standard InChI is InChI=1S/C47H33N/c1-46(2)40-19-9-11-21-42(40)47(43-22-12-10-20-41(43)46)38-18-8-7-16-35(38)37-29-32(25-27-39(37)47)33-14-5-6-17-36(33)44-28-26-31-24-23-30-13-3-4-15-34(30)45(31)48-44/h3-29H,1-2H3. The summed E-state index contributed by atoms with van der Waals surface area (Å²) in [5.41, 5.74) is 16.0. The monoisotopic (exact) mass is 611 g/mol. The van der Waals surface area contributed by atoms with Crippen molar-refractivity contribution in [1.29, 1.82) is 0 Å². The molecule has 0 atom stereocenters. The number of pyridine rings is 1. The van der Waals surface area contributed by atoms with Gasteiger partial charge in [0.2, 0.25) is 0 Å². The number of rotatable bonds is 2. The molecule has 1 nitrogen and oxygen atoms in total. The van der Waals surface area contributed by atoms with Crippen LogP contribution in [0.5, 0.6) is 0 Å². The van der Waals surface area contributed by atoms with Gasteiger partial charge in [0.1, 0.15) is 0 Å². The number of aromatic nitrogens is 1. The summed E-state index contributed by atoms with van der Waals surface area (Å²) in [6.07, 6.45) is 0. The van der Waals surface area contributed by atoms with E-state index in [1.165, 1.54) is 66.4 Å². The zero-order chi connectivity index (χ0) is 32.0. The van der Waals surface area contributed by atoms with Crippen molar-refractivity contribution in [2.24, 2.45) is 0 Å². The van der Waals surface area contributed by atoms with Crippen LogP contribution in [0.2, 0.25) is 0 Å². The Morgan fingerprint density at radius 3 is 1.69 bits per heavy atom. The highest BCUT2D eigenvalue weighted by atomic mass is 14.7. The minimum atomic E-state index is -0.381. The van der Waals surface area contributed by atoms with Crippen molar-refractivity contribution in [3.05, 3.63) is 197 Å². The fourth-order valence-electron chi connectivity index (χ4n) is 9.00. The summed E-state index contributed by atoms with van der Waals surface area (Å²) < 4.78 is 0. The van der Waals surface area contributed by atoms with Gasteiger partial charge in [-0.25, -0.2) is 4.98 Å². The Balaban J connectivity index is 1.21. The van der Waals surface area contributed by atoms with E-state index in [-0.39, 0.29) is 10.8 Å². The zero-order valence-electron chi connectivity index (χ0n) is 27.0. The van der Waals surface area contributed by atoms with Gasteiger partial charge >= 0.3 is 0 Å². The van der Waals surface area contributed by atoms with Gasteiger partial charge in [0.25, 0.3) is 0 Å². The third-order valence-corrected chi connectivity index (χ3v) is 11.2. The molecule has 0 radical (unpaired) electrons. The lowest BCUT2D eigenvalue weighted by molar-refractivity contribution is 0.563. The minimum absolute atomic E-state index is 0.104. The molecule has 0 N–H and O–H groups in total. The van der Waals surface area contributed by atoms with Crippen LogP contribution in [0.1, 0.15) is 47.2 Å². The summed E-state index contributed by atoms with van der Waals surface area (Å²) in [7, 11) is 0. The molecular formula is C47H33N. The molecular weight excluding hydrogens is 579 g/mol. The Morgan fingerprint density at radius 2 is 0.938 bits per heavy atom. The van der Waals surface area contributed by atoms with Crippen LogP contribution >= 0.6 is 0 Å². The summed E-state index contributed by atoms with van der Waals surface area (Å²) in [5, 5.41) is 3.55. The lowest BCUT2D eigenvalue weighted by Crippen LogP contribution is -2.40. The number of hydrogen-bond donors (Lipinski definition) is 0. The normalized spacial score (nSPS) is 14.8. The largest absolute Gasteiger partial charge is 0.247 e. The molecule has 48 heavy (non-hydrogen) atoms. The molecule has 0 aliphatic heterocycles. The third-order valence-electron chi connectivity index (χ3n) is 11.2. The number of fused-ring (bicyclic) bond motifs is 12. The highest BCUT2D eigenvalue weighted by Gasteiger charge is 2.53. The summed E-state index contributed by atoms with van der Waals surface area (Å²) in [6, 6.07) is 60.6. The smallest absolute Gasteiger partial charge is 0.0787 e. The molecule has 226 valence electrons. The fourth-order valence-corrected chi connectivity index (χ4v) is 9.00. The van der Waals surface area contributed by atoms with Crippen molar-refractivity contribution in [2.75, 3.05) is 0 Å². The Morgan fingerprint density at radius 1 is 0.396 bits per heavy atom. The lowest BCUT2D eigenvalue weighted by atomic mass is 9.55. The maximum atomic E-state index is 5.30. The SMILES string of the molecule is CC1(C)c2ccccc2C2(c3ccccc3-c3cc(-c4ccccc4-c4ccc5ccc6ccccc6c5n4)ccc32)c2ccccc21. The van der Waals surface area contributed by atoms with Crippen LogP contribution in [0.3, 0.4) is 0 Å². The van der Waals surface area contributed by atoms with Crippen LogP contribution in [-0.2, 0) is 10.8 Å². The first-order valence-corrected chi connectivity index (χ1v) is 16.9. The average Bonchev–Trinajstić information content (AvgIpc) is 3.44. The van der Waals surface area contributed by atoms with E-state index in [9.17, 15) is 0 Å². The van der Waals surface area contributed by atoms with Crippen LogP contribution in [0.4, 0.5) is 0 Å². The van der Waals surface area contributed by atoms with E-state index < -0.39 is 0 Å². The Labute approximate surface area is 281 Å². The van der Waals surface area contributed by atoms with E-state index in [4.69, 9.17) is 4.98 Å². The van der Waals surface area contributed by atoms with Gasteiger partial charge in [-0.15, -0.1) is 0 Å². The summed E-state index contributed by atoms with van der Waals surface area (Å²) in [6.45, 7) is 4.76. The Hall–Kier alpha value is -5.79. The van der Waals surface area contributed by atoms with Crippen molar-refractivity contribution in [3.63, 3.8) is 0 Å². The van der Waals surface area contributed by atoms with Gasteiger partial charge in [0.15, 0.2) is 0 Å². The molecule has 1 heteroatoms. The maximum absolute atomic E-state index is 5.30. The number of nitrogens with zero attached hydrogens (tertiary/aromatic N) is 1. The van der Waals surface area contributed by atoms with Crippen LogP contribution < -0.4 is 0 Å². The zero-order valence-corrected chi connectivity index (χ0v) is 27.0. The van der Waals surface area contributed by atoms with Gasteiger partial charge in [-0.05, 0) is 73.2 Å². The van der Waals surface area contributed by atoms with Crippen molar-refractivity contribution in [2.45, 2.75) is 24.7 Å². The molecule has 1 heterocycles. The topological polar surface area (TPSA) is 12.9 Å². The van der Waals surface area contributed by atoms with Crippen molar-refractivity contribution in [1.82, 2.24) is 4.98 Å². The second-order valence-electron chi connectivity index (χ2n) is 13.9. The highest BCUT2D eigenvalue weighted by molar-refractivity contribution is 6.06. The van der Waals surface area contributed by atoms with Gasteiger partial charge in [-0.1, -0.05) is 166 Å². The first-order chi connectivity index (χ1) is 23.6. The molecule has 1 spiro atoms. The molecule has 2 aliphatic rings. The summed E-state index contributed by atoms with van der Waals surface area (Å²) in [5.74, 6) is 0. The van der Waals surface area contributed by atoms with Gasteiger partial charge in [0, 0.05) is 21.8 Å². The molecule has 0 saturated carbocycles. The first-order valence-electron chi connectivity index (χ1n) is 16.9. The molecule has 10 rings (SSSR count). The predicted octanol–water partition coefficient (Wildman–Crippen LogP) is 11.7. The van der Waals surface area contributed by atoms with Gasteiger partial charge in [-0.2, -0.15) is 0 Å². The van der Waals surface area contributed by atoms with Gasteiger partial charge < -0.3 is 0 Å². The van der Waals surface area contributed by atoms with Crippen molar-refractivity contribution < 1.29 is 0 Å². The quantitative estimate of drug-likeness (QED) is 0.177. The van der Waals surface area contributed by atoms with E-state index in [1.807, 2.05) is 0 Å². The second-order valence-corrected chi connectivity index (χ2v) is 13.9. The molecule has 0 fully saturated rings. The summed E-state index contributed by atoms with van der Waals surface area (Å²) in [4.78, 5) is 5.30. The molecule has 7 aromatic carbocycles. The fraction of sp³-hybridized carbons (Fsp3) is 0.0851. The molecule has 0 unspecified atom stereocenters. The van der Waals surface area contributed by atoms with Crippen molar-refractivity contribution >= 4 is 21.7 Å². The second kappa shape index (κ2) is 9.86. The van der Waals surface area contributed by atoms with E-state index in [1.54, 1.807) is 0 Å². The molecule has 0 saturated heterocycles. The van der Waals surface area contributed by atoms with Crippen LogP contribution in [0, 0.1) is 0 Å². The highest BCUT2D eigenvalue weighted by Crippen LogP contribution is 2.62. The number of benzene rings is 7. The maximum Gasteiger partial charge on any atom is 0.0787 e. The minimum Gasteiger partial charge on any atom is -0.247 e. The van der Waals surface area contributed by atoms with E-state index in [2.05, 4.69) is 178 Å². The number of hydrogen-bond acceptors (Lipinski definition) is 1. The molecule has 8 aromatic rings.